The topological polar surface area (TPSA) is 53.1 Å². The van der Waals surface area contributed by atoms with Crippen molar-refractivity contribution in [3.63, 3.8) is 0 Å². The summed E-state index contributed by atoms with van der Waals surface area (Å²) in [6.07, 6.45) is 3.62. The average Bonchev–Trinajstić information content (AvgIpc) is 2.77. The van der Waals surface area contributed by atoms with Gasteiger partial charge in [0.15, 0.2) is 0 Å². The fourth-order valence-electron chi connectivity index (χ4n) is 1.51. The van der Waals surface area contributed by atoms with Crippen LogP contribution in [0.4, 0.5) is 0 Å². The third-order valence-electron chi connectivity index (χ3n) is 2.41. The van der Waals surface area contributed by atoms with Crippen LogP contribution in [0, 0.1) is 0 Å². The normalized spacial score (nSPS) is 10.4. The standard InChI is InChI=1S/C12H15N3O/c1-2-15-8-7-14-12(15)16-11-6-4-3-5-10(11)9-13/h3-8H,2,9,13H2,1H3. The van der Waals surface area contributed by atoms with E-state index in [1.807, 2.05) is 42.0 Å². The van der Waals surface area contributed by atoms with Gasteiger partial charge in [0, 0.05) is 31.0 Å². The molecule has 2 rings (SSSR count). The van der Waals surface area contributed by atoms with Gasteiger partial charge in [0.25, 0.3) is 0 Å². The lowest BCUT2D eigenvalue weighted by molar-refractivity contribution is 0.411. The number of hydrogen-bond acceptors (Lipinski definition) is 3. The number of aryl methyl sites for hydroxylation is 1. The van der Waals surface area contributed by atoms with Gasteiger partial charge < -0.3 is 15.0 Å². The van der Waals surface area contributed by atoms with Crippen LogP contribution in [0.25, 0.3) is 0 Å². The van der Waals surface area contributed by atoms with Crippen molar-refractivity contribution in [1.82, 2.24) is 9.55 Å². The van der Waals surface area contributed by atoms with E-state index < -0.39 is 0 Å². The van der Waals surface area contributed by atoms with Crippen LogP contribution in [0.2, 0.25) is 0 Å². The average molecular weight is 217 g/mol. The molecule has 1 aromatic heterocycles. The summed E-state index contributed by atoms with van der Waals surface area (Å²) in [6.45, 7) is 3.34. The molecule has 1 aromatic carbocycles. The molecule has 2 N–H and O–H groups in total. The first-order chi connectivity index (χ1) is 7.85. The molecule has 0 saturated heterocycles. The highest BCUT2D eigenvalue weighted by Crippen LogP contribution is 2.23. The molecule has 0 saturated carbocycles. The number of imidazole rings is 1. The monoisotopic (exact) mass is 217 g/mol. The van der Waals surface area contributed by atoms with E-state index in [0.29, 0.717) is 12.6 Å². The van der Waals surface area contributed by atoms with E-state index >= 15 is 0 Å². The maximum absolute atomic E-state index is 5.73. The Hall–Kier alpha value is -1.81. The van der Waals surface area contributed by atoms with Crippen molar-refractivity contribution in [2.24, 2.45) is 5.73 Å². The van der Waals surface area contributed by atoms with E-state index in [1.165, 1.54) is 0 Å². The number of benzene rings is 1. The van der Waals surface area contributed by atoms with Crippen molar-refractivity contribution in [3.05, 3.63) is 42.2 Å². The Kier molecular flexibility index (Phi) is 3.22. The summed E-state index contributed by atoms with van der Waals surface area (Å²) < 4.78 is 7.67. The van der Waals surface area contributed by atoms with Gasteiger partial charge in [0.05, 0.1) is 0 Å². The number of para-hydroxylation sites is 1. The molecule has 0 aliphatic carbocycles. The SMILES string of the molecule is CCn1ccnc1Oc1ccccc1CN. The van der Waals surface area contributed by atoms with Crippen molar-refractivity contribution >= 4 is 0 Å². The molecule has 0 radical (unpaired) electrons. The zero-order chi connectivity index (χ0) is 11.4. The summed E-state index contributed by atoms with van der Waals surface area (Å²) in [6, 6.07) is 8.32. The molecule has 4 nitrogen and oxygen atoms in total. The molecule has 0 spiro atoms. The van der Waals surface area contributed by atoms with Gasteiger partial charge in [0.2, 0.25) is 0 Å². The van der Waals surface area contributed by atoms with Gasteiger partial charge in [-0.2, -0.15) is 0 Å². The molecular formula is C12H15N3O. The van der Waals surface area contributed by atoms with Crippen LogP contribution < -0.4 is 10.5 Å². The van der Waals surface area contributed by atoms with Gasteiger partial charge in [-0.05, 0) is 13.0 Å². The Labute approximate surface area is 94.7 Å². The Morgan fingerprint density at radius 1 is 1.38 bits per heavy atom. The predicted molar refractivity (Wildman–Crippen MR) is 62.3 cm³/mol. The summed E-state index contributed by atoms with van der Waals surface area (Å²) in [5.41, 5.74) is 6.62. The van der Waals surface area contributed by atoms with Crippen LogP contribution in [-0.4, -0.2) is 9.55 Å². The second kappa shape index (κ2) is 4.81. The van der Waals surface area contributed by atoms with Crippen LogP contribution in [0.3, 0.4) is 0 Å². The lowest BCUT2D eigenvalue weighted by Crippen LogP contribution is -2.02. The molecule has 0 aliphatic rings. The summed E-state index contributed by atoms with van der Waals surface area (Å²) >= 11 is 0. The maximum atomic E-state index is 5.73. The molecule has 0 fully saturated rings. The number of hydrogen-bond donors (Lipinski definition) is 1. The highest BCUT2D eigenvalue weighted by atomic mass is 16.5. The van der Waals surface area contributed by atoms with E-state index in [1.54, 1.807) is 6.20 Å². The molecular weight excluding hydrogens is 202 g/mol. The highest BCUT2D eigenvalue weighted by molar-refractivity contribution is 5.34. The van der Waals surface area contributed by atoms with Crippen molar-refractivity contribution in [3.8, 4) is 11.8 Å². The molecule has 0 amide bonds. The quantitative estimate of drug-likeness (QED) is 0.853. The largest absolute Gasteiger partial charge is 0.425 e. The number of nitrogens with zero attached hydrogens (tertiary/aromatic N) is 2. The molecule has 0 bridgehead atoms. The zero-order valence-electron chi connectivity index (χ0n) is 9.26. The van der Waals surface area contributed by atoms with E-state index in [0.717, 1.165) is 17.9 Å². The van der Waals surface area contributed by atoms with Gasteiger partial charge in [-0.25, -0.2) is 4.98 Å². The van der Waals surface area contributed by atoms with Gasteiger partial charge >= 0.3 is 6.01 Å². The van der Waals surface area contributed by atoms with Gasteiger partial charge in [0.1, 0.15) is 5.75 Å². The predicted octanol–water partition coefficient (Wildman–Crippen LogP) is 2.15. The van der Waals surface area contributed by atoms with E-state index in [-0.39, 0.29) is 0 Å². The minimum absolute atomic E-state index is 0.461. The van der Waals surface area contributed by atoms with Crippen molar-refractivity contribution in [2.75, 3.05) is 0 Å². The van der Waals surface area contributed by atoms with Crippen LogP contribution in [0.5, 0.6) is 11.8 Å². The van der Waals surface area contributed by atoms with Crippen LogP contribution in [0.15, 0.2) is 36.7 Å². The number of rotatable bonds is 4. The number of aromatic nitrogens is 2. The van der Waals surface area contributed by atoms with Crippen LogP contribution >= 0.6 is 0 Å². The van der Waals surface area contributed by atoms with Gasteiger partial charge in [-0.3, -0.25) is 0 Å². The summed E-state index contributed by atoms with van der Waals surface area (Å²) in [7, 11) is 0. The van der Waals surface area contributed by atoms with E-state index in [4.69, 9.17) is 10.5 Å². The molecule has 16 heavy (non-hydrogen) atoms. The molecule has 0 unspecified atom stereocenters. The minimum atomic E-state index is 0.461. The first-order valence-corrected chi connectivity index (χ1v) is 5.32. The summed E-state index contributed by atoms with van der Waals surface area (Å²) in [5.74, 6) is 0.769. The molecule has 1 heterocycles. The first kappa shape index (κ1) is 10.7. The van der Waals surface area contributed by atoms with E-state index in [9.17, 15) is 0 Å². The molecule has 2 aromatic rings. The lowest BCUT2D eigenvalue weighted by Gasteiger charge is -2.09. The molecule has 0 atom stereocenters. The molecule has 4 heteroatoms. The second-order valence-electron chi connectivity index (χ2n) is 3.41. The summed E-state index contributed by atoms with van der Waals surface area (Å²) in [4.78, 5) is 4.16. The van der Waals surface area contributed by atoms with Crippen LogP contribution in [-0.2, 0) is 13.1 Å². The highest BCUT2D eigenvalue weighted by Gasteiger charge is 2.06. The smallest absolute Gasteiger partial charge is 0.301 e. The second-order valence-corrected chi connectivity index (χ2v) is 3.41. The van der Waals surface area contributed by atoms with Crippen molar-refractivity contribution in [1.29, 1.82) is 0 Å². The fourth-order valence-corrected chi connectivity index (χ4v) is 1.51. The van der Waals surface area contributed by atoms with E-state index in [2.05, 4.69) is 4.98 Å². The Bertz CT molecular complexity index is 465. The number of nitrogens with two attached hydrogens (primary N) is 1. The van der Waals surface area contributed by atoms with Gasteiger partial charge in [-0.1, -0.05) is 18.2 Å². The van der Waals surface area contributed by atoms with Crippen molar-refractivity contribution in [2.45, 2.75) is 20.0 Å². The first-order valence-electron chi connectivity index (χ1n) is 5.32. The molecule has 84 valence electrons. The number of ether oxygens (including phenoxy) is 1. The Balaban J connectivity index is 2.26. The van der Waals surface area contributed by atoms with Gasteiger partial charge in [-0.15, -0.1) is 0 Å². The van der Waals surface area contributed by atoms with Crippen molar-refractivity contribution < 1.29 is 4.74 Å². The summed E-state index contributed by atoms with van der Waals surface area (Å²) in [5, 5.41) is 0. The third-order valence-corrected chi connectivity index (χ3v) is 2.41. The third kappa shape index (κ3) is 2.06. The Morgan fingerprint density at radius 3 is 2.94 bits per heavy atom. The molecule has 0 aliphatic heterocycles. The minimum Gasteiger partial charge on any atom is -0.425 e. The Morgan fingerprint density at radius 2 is 2.19 bits per heavy atom. The lowest BCUT2D eigenvalue weighted by atomic mass is 10.2. The maximum Gasteiger partial charge on any atom is 0.301 e. The fraction of sp³-hybridized carbons (Fsp3) is 0.250. The van der Waals surface area contributed by atoms with Crippen LogP contribution in [0.1, 0.15) is 12.5 Å². The zero-order valence-corrected chi connectivity index (χ0v) is 9.26.